The van der Waals surface area contributed by atoms with Crippen LogP contribution in [-0.4, -0.2) is 17.2 Å². The van der Waals surface area contributed by atoms with Gasteiger partial charge in [-0.2, -0.15) is 0 Å². The molecule has 0 unspecified atom stereocenters. The van der Waals surface area contributed by atoms with E-state index in [0.29, 0.717) is 11.4 Å². The third kappa shape index (κ3) is 4.07. The van der Waals surface area contributed by atoms with Crippen molar-refractivity contribution >= 4 is 34.8 Å². The molecule has 2 amide bonds. The molecule has 0 aliphatic carbocycles. The number of hydrogen-bond donors (Lipinski definition) is 2. The number of carbonyl (C=O) groups is 2. The van der Waals surface area contributed by atoms with Crippen LogP contribution in [0.15, 0.2) is 18.2 Å². The summed E-state index contributed by atoms with van der Waals surface area (Å²) >= 11 is 5.65. The Hall–Kier alpha value is -1.55. The fourth-order valence-electron chi connectivity index (χ4n) is 1.27. The molecule has 0 fully saturated rings. The minimum atomic E-state index is -0.597. The number of aryl methyl sites for hydroxylation is 1. The van der Waals surface area contributed by atoms with Crippen LogP contribution < -0.4 is 10.6 Å². The summed E-state index contributed by atoms with van der Waals surface area (Å²) < 4.78 is 0. The maximum absolute atomic E-state index is 11.4. The molecule has 5 heteroatoms. The normalized spacial score (nSPS) is 11.8. The van der Waals surface area contributed by atoms with E-state index in [1.807, 2.05) is 13.0 Å². The smallest absolute Gasteiger partial charge is 0.242 e. The second-order valence-corrected chi connectivity index (χ2v) is 4.47. The van der Waals surface area contributed by atoms with Gasteiger partial charge in [0.2, 0.25) is 11.8 Å². The highest BCUT2D eigenvalue weighted by Crippen LogP contribution is 2.20. The van der Waals surface area contributed by atoms with Gasteiger partial charge in [-0.1, -0.05) is 6.07 Å². The summed E-state index contributed by atoms with van der Waals surface area (Å²) in [6.45, 7) is 4.91. The van der Waals surface area contributed by atoms with Crippen LogP contribution in [0.1, 0.15) is 19.4 Å². The zero-order valence-corrected chi connectivity index (χ0v) is 10.8. The largest absolute Gasteiger partial charge is 0.326 e. The molecule has 1 aromatic carbocycles. The lowest BCUT2D eigenvalue weighted by atomic mass is 10.1. The predicted molar refractivity (Wildman–Crippen MR) is 69.4 cm³/mol. The van der Waals surface area contributed by atoms with E-state index < -0.39 is 5.38 Å². The van der Waals surface area contributed by atoms with Crippen molar-refractivity contribution in [2.45, 2.75) is 26.1 Å². The molecule has 2 N–H and O–H groups in total. The van der Waals surface area contributed by atoms with E-state index in [9.17, 15) is 9.59 Å². The van der Waals surface area contributed by atoms with Crippen LogP contribution in [0.3, 0.4) is 0 Å². The van der Waals surface area contributed by atoms with Crippen LogP contribution >= 0.6 is 11.6 Å². The first-order valence-electron chi connectivity index (χ1n) is 5.23. The molecule has 0 aliphatic heterocycles. The van der Waals surface area contributed by atoms with Crippen LogP contribution in [0.2, 0.25) is 0 Å². The molecular weight excluding hydrogens is 240 g/mol. The van der Waals surface area contributed by atoms with E-state index in [4.69, 9.17) is 11.6 Å². The fourth-order valence-corrected chi connectivity index (χ4v) is 1.32. The summed E-state index contributed by atoms with van der Waals surface area (Å²) in [5, 5.41) is 4.76. The summed E-state index contributed by atoms with van der Waals surface area (Å²) in [5.41, 5.74) is 2.21. The average Bonchev–Trinajstić information content (AvgIpc) is 2.22. The van der Waals surface area contributed by atoms with Gasteiger partial charge in [0.25, 0.3) is 0 Å². The van der Waals surface area contributed by atoms with Gasteiger partial charge in [-0.15, -0.1) is 11.6 Å². The van der Waals surface area contributed by atoms with Gasteiger partial charge in [0.15, 0.2) is 0 Å². The SMILES string of the molecule is CC(=O)Nc1cc(NC(=O)[C@@H](C)Cl)ccc1C. The van der Waals surface area contributed by atoms with Crippen molar-refractivity contribution in [1.82, 2.24) is 0 Å². The molecule has 0 aromatic heterocycles. The van der Waals surface area contributed by atoms with Crippen LogP contribution in [0.5, 0.6) is 0 Å². The molecule has 0 bridgehead atoms. The second kappa shape index (κ2) is 5.68. The number of anilines is 2. The molecule has 1 atom stereocenters. The number of benzene rings is 1. The lowest BCUT2D eigenvalue weighted by Gasteiger charge is -2.11. The Morgan fingerprint density at radius 1 is 1.29 bits per heavy atom. The molecule has 0 radical (unpaired) electrons. The van der Waals surface area contributed by atoms with Crippen molar-refractivity contribution in [1.29, 1.82) is 0 Å². The first-order chi connectivity index (χ1) is 7.90. The van der Waals surface area contributed by atoms with Crippen LogP contribution in [0, 0.1) is 6.92 Å². The van der Waals surface area contributed by atoms with Crippen molar-refractivity contribution in [3.8, 4) is 0 Å². The zero-order valence-electron chi connectivity index (χ0n) is 10.0. The zero-order chi connectivity index (χ0) is 13.0. The van der Waals surface area contributed by atoms with E-state index in [-0.39, 0.29) is 11.8 Å². The topological polar surface area (TPSA) is 58.2 Å². The molecule has 4 nitrogen and oxygen atoms in total. The van der Waals surface area contributed by atoms with Crippen LogP contribution in [0.25, 0.3) is 0 Å². The van der Waals surface area contributed by atoms with Gasteiger partial charge < -0.3 is 10.6 Å². The van der Waals surface area contributed by atoms with Crippen molar-refractivity contribution in [2.24, 2.45) is 0 Å². The summed E-state index contributed by atoms with van der Waals surface area (Å²) in [6.07, 6.45) is 0. The molecule has 0 aliphatic rings. The van der Waals surface area contributed by atoms with Crippen molar-refractivity contribution in [3.63, 3.8) is 0 Å². The highest BCUT2D eigenvalue weighted by Gasteiger charge is 2.10. The molecule has 92 valence electrons. The molecule has 1 aromatic rings. The lowest BCUT2D eigenvalue weighted by molar-refractivity contribution is -0.115. The maximum Gasteiger partial charge on any atom is 0.242 e. The first-order valence-corrected chi connectivity index (χ1v) is 5.67. The second-order valence-electron chi connectivity index (χ2n) is 3.82. The standard InChI is InChI=1S/C12H15ClN2O2/c1-7-4-5-10(15-12(17)8(2)13)6-11(7)14-9(3)16/h4-6,8H,1-3H3,(H,14,16)(H,15,17)/t8-/m1/s1. The van der Waals surface area contributed by atoms with Gasteiger partial charge in [-0.3, -0.25) is 9.59 Å². The third-order valence-corrected chi connectivity index (χ3v) is 2.38. The number of alkyl halides is 1. The quantitative estimate of drug-likeness (QED) is 0.815. The van der Waals surface area contributed by atoms with Gasteiger partial charge in [0.1, 0.15) is 5.38 Å². The average molecular weight is 255 g/mol. The highest BCUT2D eigenvalue weighted by atomic mass is 35.5. The minimum Gasteiger partial charge on any atom is -0.326 e. The number of rotatable bonds is 3. The van der Waals surface area contributed by atoms with Crippen molar-refractivity contribution < 1.29 is 9.59 Å². The van der Waals surface area contributed by atoms with Crippen LogP contribution in [-0.2, 0) is 9.59 Å². The third-order valence-electron chi connectivity index (χ3n) is 2.18. The van der Waals surface area contributed by atoms with E-state index >= 15 is 0 Å². The van der Waals surface area contributed by atoms with E-state index in [2.05, 4.69) is 10.6 Å². The Balaban J connectivity index is 2.88. The molecular formula is C12H15ClN2O2. The Bertz CT molecular complexity index is 444. The van der Waals surface area contributed by atoms with Gasteiger partial charge in [0, 0.05) is 18.3 Å². The summed E-state index contributed by atoms with van der Waals surface area (Å²) in [7, 11) is 0. The molecule has 17 heavy (non-hydrogen) atoms. The first kappa shape index (κ1) is 13.5. The summed E-state index contributed by atoms with van der Waals surface area (Å²) in [5.74, 6) is -0.424. The predicted octanol–water partition coefficient (Wildman–Crippen LogP) is 2.52. The van der Waals surface area contributed by atoms with Gasteiger partial charge >= 0.3 is 0 Å². The van der Waals surface area contributed by atoms with Crippen molar-refractivity contribution in [3.05, 3.63) is 23.8 Å². The number of carbonyl (C=O) groups excluding carboxylic acids is 2. The molecule has 0 saturated carbocycles. The molecule has 0 heterocycles. The van der Waals surface area contributed by atoms with Crippen molar-refractivity contribution in [2.75, 3.05) is 10.6 Å². The van der Waals surface area contributed by atoms with E-state index in [1.54, 1.807) is 19.1 Å². The Labute approximate surface area is 105 Å². The molecule has 0 saturated heterocycles. The fraction of sp³-hybridized carbons (Fsp3) is 0.333. The van der Waals surface area contributed by atoms with Gasteiger partial charge in [0.05, 0.1) is 0 Å². The monoisotopic (exact) mass is 254 g/mol. The number of hydrogen-bond acceptors (Lipinski definition) is 2. The summed E-state index contributed by atoms with van der Waals surface area (Å²) in [4.78, 5) is 22.4. The number of amides is 2. The Morgan fingerprint density at radius 2 is 1.94 bits per heavy atom. The number of halogens is 1. The molecule has 1 rings (SSSR count). The lowest BCUT2D eigenvalue weighted by Crippen LogP contribution is -2.20. The Kier molecular flexibility index (Phi) is 4.52. The Morgan fingerprint density at radius 3 is 2.47 bits per heavy atom. The van der Waals surface area contributed by atoms with Gasteiger partial charge in [-0.25, -0.2) is 0 Å². The summed E-state index contributed by atoms with van der Waals surface area (Å²) in [6, 6.07) is 5.28. The van der Waals surface area contributed by atoms with E-state index in [1.165, 1.54) is 6.92 Å². The number of nitrogens with one attached hydrogen (secondary N) is 2. The minimum absolute atomic E-state index is 0.151. The van der Waals surface area contributed by atoms with Gasteiger partial charge in [-0.05, 0) is 31.5 Å². The maximum atomic E-state index is 11.4. The molecule has 0 spiro atoms. The van der Waals surface area contributed by atoms with E-state index in [0.717, 1.165) is 5.56 Å². The van der Waals surface area contributed by atoms with Crippen LogP contribution in [0.4, 0.5) is 11.4 Å². The highest BCUT2D eigenvalue weighted by molar-refractivity contribution is 6.32.